The predicted octanol–water partition coefficient (Wildman–Crippen LogP) is 3.96. The summed E-state index contributed by atoms with van der Waals surface area (Å²) in [6.45, 7) is -0.0942. The highest BCUT2D eigenvalue weighted by Gasteiger charge is 2.21. The first-order chi connectivity index (χ1) is 12.5. The summed E-state index contributed by atoms with van der Waals surface area (Å²) in [5.74, 6) is 0.133. The van der Waals surface area contributed by atoms with Gasteiger partial charge in [-0.1, -0.05) is 52.0 Å². The molecule has 2 aromatic carbocycles. The summed E-state index contributed by atoms with van der Waals surface area (Å²) >= 11 is 9.53. The Balaban J connectivity index is 1.53. The van der Waals surface area contributed by atoms with E-state index in [2.05, 4.69) is 26.6 Å². The summed E-state index contributed by atoms with van der Waals surface area (Å²) in [7, 11) is 0. The first kappa shape index (κ1) is 18.6. The van der Waals surface area contributed by atoms with Crippen LogP contribution in [-0.2, 0) is 9.59 Å². The van der Waals surface area contributed by atoms with Gasteiger partial charge in [-0.3, -0.25) is 9.59 Å². The molecular weight excluding hydrogens is 436 g/mol. The van der Waals surface area contributed by atoms with Crippen LogP contribution in [0.1, 0.15) is 5.56 Å². The number of thiocarbonyl (C=S) groups is 1. The molecule has 2 amide bonds. The smallest absolute Gasteiger partial charge is 0.263 e. The van der Waals surface area contributed by atoms with Gasteiger partial charge in [-0.15, -0.1) is 0 Å². The van der Waals surface area contributed by atoms with Gasteiger partial charge in [0.15, 0.2) is 6.61 Å². The van der Waals surface area contributed by atoms with Crippen LogP contribution >= 0.6 is 39.9 Å². The fourth-order valence-electron chi connectivity index (χ4n) is 2.11. The topological polar surface area (TPSA) is 67.4 Å². The second-order valence-electron chi connectivity index (χ2n) is 5.27. The number of benzene rings is 2. The lowest BCUT2D eigenvalue weighted by molar-refractivity contribution is -0.118. The van der Waals surface area contributed by atoms with Crippen LogP contribution in [0.15, 0.2) is 57.9 Å². The quantitative estimate of drug-likeness (QED) is 0.535. The Labute approximate surface area is 168 Å². The molecule has 0 aliphatic carbocycles. The fraction of sp³-hybridized carbons (Fsp3) is 0.0556. The van der Waals surface area contributed by atoms with Crippen LogP contribution in [0.5, 0.6) is 5.75 Å². The number of anilines is 1. The molecule has 26 heavy (non-hydrogen) atoms. The number of hydrogen-bond donors (Lipinski definition) is 2. The maximum absolute atomic E-state index is 11.9. The number of amides is 2. The molecule has 5 nitrogen and oxygen atoms in total. The van der Waals surface area contributed by atoms with Crippen molar-refractivity contribution in [2.45, 2.75) is 0 Å². The van der Waals surface area contributed by atoms with Gasteiger partial charge in [0.2, 0.25) is 0 Å². The SMILES string of the molecule is O=C(COc1ccc(/C=C2\SC(=S)NC2=O)cc1)Nc1ccc(Br)cc1. The van der Waals surface area contributed by atoms with E-state index >= 15 is 0 Å². The molecule has 8 heteroatoms. The number of carbonyl (C=O) groups excluding carboxylic acids is 2. The molecule has 0 radical (unpaired) electrons. The van der Waals surface area contributed by atoms with Crippen LogP contribution in [0.3, 0.4) is 0 Å². The summed E-state index contributed by atoms with van der Waals surface area (Å²) in [5.41, 5.74) is 1.55. The highest BCUT2D eigenvalue weighted by molar-refractivity contribution is 9.10. The lowest BCUT2D eigenvalue weighted by Gasteiger charge is -2.08. The van der Waals surface area contributed by atoms with E-state index < -0.39 is 0 Å². The lowest BCUT2D eigenvalue weighted by Crippen LogP contribution is -2.20. The Morgan fingerprint density at radius 2 is 1.88 bits per heavy atom. The average molecular weight is 449 g/mol. The van der Waals surface area contributed by atoms with E-state index in [-0.39, 0.29) is 18.4 Å². The zero-order valence-electron chi connectivity index (χ0n) is 13.3. The van der Waals surface area contributed by atoms with Crippen molar-refractivity contribution in [3.63, 3.8) is 0 Å². The van der Waals surface area contributed by atoms with E-state index in [0.29, 0.717) is 20.7 Å². The fourth-order valence-corrected chi connectivity index (χ4v) is 3.42. The lowest BCUT2D eigenvalue weighted by atomic mass is 10.2. The summed E-state index contributed by atoms with van der Waals surface area (Å²) in [4.78, 5) is 24.1. The van der Waals surface area contributed by atoms with Crippen molar-refractivity contribution in [3.05, 3.63) is 63.5 Å². The van der Waals surface area contributed by atoms with Crippen LogP contribution in [0.25, 0.3) is 6.08 Å². The number of rotatable bonds is 5. The van der Waals surface area contributed by atoms with E-state index in [0.717, 1.165) is 10.0 Å². The summed E-state index contributed by atoms with van der Waals surface area (Å²) in [6.07, 6.45) is 1.75. The Hall–Kier alpha value is -2.16. The molecule has 1 saturated heterocycles. The van der Waals surface area contributed by atoms with Gasteiger partial charge in [0.05, 0.1) is 4.91 Å². The molecule has 2 aromatic rings. The molecule has 1 aliphatic rings. The van der Waals surface area contributed by atoms with Gasteiger partial charge in [0.1, 0.15) is 10.1 Å². The first-order valence-electron chi connectivity index (χ1n) is 7.53. The number of thioether (sulfide) groups is 1. The minimum absolute atomic E-state index is 0.0942. The van der Waals surface area contributed by atoms with Gasteiger partial charge >= 0.3 is 0 Å². The van der Waals surface area contributed by atoms with Crippen molar-refractivity contribution >= 4 is 67.8 Å². The highest BCUT2D eigenvalue weighted by Crippen LogP contribution is 2.26. The number of halogens is 1. The van der Waals surface area contributed by atoms with Crippen molar-refractivity contribution in [1.82, 2.24) is 5.32 Å². The second-order valence-corrected chi connectivity index (χ2v) is 7.90. The third-order valence-electron chi connectivity index (χ3n) is 3.32. The van der Waals surface area contributed by atoms with Gasteiger partial charge in [-0.2, -0.15) is 0 Å². The largest absolute Gasteiger partial charge is 0.484 e. The van der Waals surface area contributed by atoms with Gasteiger partial charge in [-0.05, 0) is 48.0 Å². The summed E-state index contributed by atoms with van der Waals surface area (Å²) < 4.78 is 6.88. The molecule has 0 spiro atoms. The molecule has 1 aliphatic heterocycles. The van der Waals surface area contributed by atoms with Crippen molar-refractivity contribution in [2.75, 3.05) is 11.9 Å². The van der Waals surface area contributed by atoms with Crippen molar-refractivity contribution in [1.29, 1.82) is 0 Å². The Morgan fingerprint density at radius 3 is 2.50 bits per heavy atom. The normalized spacial score (nSPS) is 15.0. The van der Waals surface area contributed by atoms with Crippen LogP contribution in [0.2, 0.25) is 0 Å². The standard InChI is InChI=1S/C18H13BrN2O3S2/c19-12-3-5-13(6-4-12)20-16(22)10-24-14-7-1-11(2-8-14)9-15-17(23)21-18(25)26-15/h1-9H,10H2,(H,20,22)(H,21,23,25)/b15-9-. The van der Waals surface area contributed by atoms with Crippen molar-refractivity contribution < 1.29 is 14.3 Å². The number of ether oxygens (including phenoxy) is 1. The molecule has 0 unspecified atom stereocenters. The van der Waals surface area contributed by atoms with E-state index in [1.807, 2.05) is 24.3 Å². The summed E-state index contributed by atoms with van der Waals surface area (Å²) in [5, 5.41) is 5.32. The molecule has 0 saturated carbocycles. The van der Waals surface area contributed by atoms with E-state index in [1.165, 1.54) is 11.8 Å². The minimum Gasteiger partial charge on any atom is -0.484 e. The summed E-state index contributed by atoms with van der Waals surface area (Å²) in [6, 6.07) is 14.4. The maximum Gasteiger partial charge on any atom is 0.263 e. The number of carbonyl (C=O) groups is 2. The number of hydrogen-bond acceptors (Lipinski definition) is 5. The zero-order chi connectivity index (χ0) is 18.5. The molecule has 2 N–H and O–H groups in total. The molecule has 0 bridgehead atoms. The van der Waals surface area contributed by atoms with E-state index in [9.17, 15) is 9.59 Å². The molecule has 0 atom stereocenters. The van der Waals surface area contributed by atoms with Gasteiger partial charge < -0.3 is 15.4 Å². The molecule has 132 valence electrons. The maximum atomic E-state index is 11.9. The van der Waals surface area contributed by atoms with Gasteiger partial charge in [0, 0.05) is 10.2 Å². The molecular formula is C18H13BrN2O3S2. The van der Waals surface area contributed by atoms with Crippen molar-refractivity contribution in [3.8, 4) is 5.75 Å². The van der Waals surface area contributed by atoms with E-state index in [4.69, 9.17) is 17.0 Å². The van der Waals surface area contributed by atoms with Gasteiger partial charge in [-0.25, -0.2) is 0 Å². The third-order valence-corrected chi connectivity index (χ3v) is 5.01. The van der Waals surface area contributed by atoms with Crippen LogP contribution in [0.4, 0.5) is 5.69 Å². The molecule has 1 heterocycles. The number of nitrogens with one attached hydrogen (secondary N) is 2. The molecule has 1 fully saturated rings. The van der Waals surface area contributed by atoms with Crippen LogP contribution in [-0.4, -0.2) is 22.7 Å². The molecule has 3 rings (SSSR count). The third kappa shape index (κ3) is 5.17. The Kier molecular flexibility index (Phi) is 6.08. The highest BCUT2D eigenvalue weighted by atomic mass is 79.9. The van der Waals surface area contributed by atoms with Gasteiger partial charge in [0.25, 0.3) is 11.8 Å². The Morgan fingerprint density at radius 1 is 1.19 bits per heavy atom. The molecule has 0 aromatic heterocycles. The first-order valence-corrected chi connectivity index (χ1v) is 9.54. The van der Waals surface area contributed by atoms with Crippen molar-refractivity contribution in [2.24, 2.45) is 0 Å². The Bertz CT molecular complexity index is 880. The predicted molar refractivity (Wildman–Crippen MR) is 111 cm³/mol. The van der Waals surface area contributed by atoms with Crippen LogP contribution < -0.4 is 15.4 Å². The monoisotopic (exact) mass is 448 g/mol. The zero-order valence-corrected chi connectivity index (χ0v) is 16.5. The van der Waals surface area contributed by atoms with Crippen LogP contribution in [0, 0.1) is 0 Å². The second kappa shape index (κ2) is 8.48. The van der Waals surface area contributed by atoms with E-state index in [1.54, 1.807) is 30.3 Å². The average Bonchev–Trinajstić information content (AvgIpc) is 2.93. The minimum atomic E-state index is -0.244.